The Morgan fingerprint density at radius 1 is 0.882 bits per heavy atom. The first-order valence-corrected chi connectivity index (χ1v) is 13.1. The molecule has 0 aliphatic carbocycles. The molecule has 0 bridgehead atoms. The Bertz CT molecular complexity index is 1350. The lowest BCUT2D eigenvalue weighted by molar-refractivity contribution is -0.121. The van der Waals surface area contributed by atoms with Gasteiger partial charge in [-0.1, -0.05) is 42.5 Å². The number of fused-ring (bicyclic) bond motifs is 1. The molecule has 0 aromatic heterocycles. The highest BCUT2D eigenvalue weighted by atomic mass is 32.2. The molecule has 2 aliphatic rings. The van der Waals surface area contributed by atoms with E-state index in [4.69, 9.17) is 0 Å². The summed E-state index contributed by atoms with van der Waals surface area (Å²) in [6.07, 6.45) is 2.23. The number of amides is 2. The summed E-state index contributed by atoms with van der Waals surface area (Å²) in [5.74, 6) is -0.360. The summed E-state index contributed by atoms with van der Waals surface area (Å²) < 4.78 is 27.9. The van der Waals surface area contributed by atoms with Crippen molar-refractivity contribution in [1.29, 1.82) is 0 Å². The third-order valence-corrected chi connectivity index (χ3v) is 8.60. The zero-order valence-corrected chi connectivity index (χ0v) is 19.6. The van der Waals surface area contributed by atoms with Crippen LogP contribution in [0.2, 0.25) is 0 Å². The van der Waals surface area contributed by atoms with Crippen LogP contribution in [0.3, 0.4) is 0 Å². The van der Waals surface area contributed by atoms with Crippen LogP contribution >= 0.6 is 0 Å². The molecule has 0 saturated carbocycles. The van der Waals surface area contributed by atoms with Gasteiger partial charge in [0.2, 0.25) is 21.8 Å². The van der Waals surface area contributed by atoms with Crippen LogP contribution in [0.5, 0.6) is 0 Å². The summed E-state index contributed by atoms with van der Waals surface area (Å²) in [6, 6.07) is 20.2. The first-order chi connectivity index (χ1) is 16.4. The Hall–Kier alpha value is -3.23. The fourth-order valence-electron chi connectivity index (χ4n) is 4.79. The van der Waals surface area contributed by atoms with Crippen molar-refractivity contribution in [2.75, 3.05) is 29.9 Å². The second kappa shape index (κ2) is 9.19. The quantitative estimate of drug-likeness (QED) is 0.602. The predicted molar refractivity (Wildman–Crippen MR) is 132 cm³/mol. The minimum atomic E-state index is -3.63. The summed E-state index contributed by atoms with van der Waals surface area (Å²) in [4.78, 5) is 27.2. The highest BCUT2D eigenvalue weighted by Crippen LogP contribution is 2.31. The van der Waals surface area contributed by atoms with Gasteiger partial charge < -0.3 is 10.2 Å². The first kappa shape index (κ1) is 22.6. The van der Waals surface area contributed by atoms with Gasteiger partial charge >= 0.3 is 0 Å². The van der Waals surface area contributed by atoms with E-state index in [1.54, 1.807) is 23.1 Å². The van der Waals surface area contributed by atoms with E-state index >= 15 is 0 Å². The van der Waals surface area contributed by atoms with Gasteiger partial charge in [0, 0.05) is 32.0 Å². The summed E-state index contributed by atoms with van der Waals surface area (Å²) in [5.41, 5.74) is 1.34. The van der Waals surface area contributed by atoms with Crippen LogP contribution in [-0.4, -0.2) is 44.2 Å². The highest BCUT2D eigenvalue weighted by molar-refractivity contribution is 7.89. The lowest BCUT2D eigenvalue weighted by Crippen LogP contribution is -2.41. The smallest absolute Gasteiger partial charge is 0.243 e. The number of nitrogens with zero attached hydrogens (tertiary/aromatic N) is 2. The van der Waals surface area contributed by atoms with E-state index in [9.17, 15) is 18.0 Å². The lowest BCUT2D eigenvalue weighted by Gasteiger charge is -2.31. The molecule has 0 atom stereocenters. The number of sulfonamides is 1. The van der Waals surface area contributed by atoms with Crippen LogP contribution in [0, 0.1) is 5.92 Å². The van der Waals surface area contributed by atoms with Gasteiger partial charge in [-0.2, -0.15) is 4.31 Å². The third kappa shape index (κ3) is 4.31. The molecule has 2 amide bonds. The minimum absolute atomic E-state index is 0.0638. The molecule has 2 aliphatic heterocycles. The number of rotatable bonds is 5. The number of anilines is 2. The second-order valence-electron chi connectivity index (χ2n) is 8.84. The normalized spacial score (nSPS) is 17.9. The number of nitrogens with one attached hydrogen (secondary N) is 1. The zero-order chi connectivity index (χ0) is 23.7. The van der Waals surface area contributed by atoms with Gasteiger partial charge in [-0.25, -0.2) is 8.42 Å². The Morgan fingerprint density at radius 2 is 1.59 bits per heavy atom. The van der Waals surface area contributed by atoms with Gasteiger partial charge in [-0.15, -0.1) is 0 Å². The SMILES string of the molecule is O=C(Nc1ccccc1N1CCCC1=O)C1CCN(S(=O)(=O)c2ccc3ccccc3c2)CC1. The number of carbonyl (C=O) groups is 2. The molecule has 176 valence electrons. The molecule has 0 spiro atoms. The molecular formula is C26H27N3O4S. The molecule has 0 radical (unpaired) electrons. The standard InChI is InChI=1S/C26H27N3O4S/c30-25-10-5-15-29(25)24-9-4-3-8-23(24)27-26(31)20-13-16-28(17-14-20)34(32,33)22-12-11-19-6-1-2-7-21(19)18-22/h1-4,6-9,11-12,18,20H,5,10,13-17H2,(H,27,31). The number of piperidine rings is 1. The van der Waals surface area contributed by atoms with Crippen molar-refractivity contribution in [1.82, 2.24) is 4.31 Å². The van der Waals surface area contributed by atoms with E-state index in [-0.39, 0.29) is 22.6 Å². The molecule has 2 fully saturated rings. The van der Waals surface area contributed by atoms with Crippen LogP contribution in [0.1, 0.15) is 25.7 Å². The summed E-state index contributed by atoms with van der Waals surface area (Å²) in [5, 5.41) is 4.86. The number of para-hydroxylation sites is 2. The molecular weight excluding hydrogens is 450 g/mol. The van der Waals surface area contributed by atoms with Crippen LogP contribution < -0.4 is 10.2 Å². The largest absolute Gasteiger partial charge is 0.324 e. The topological polar surface area (TPSA) is 86.8 Å². The average molecular weight is 478 g/mol. The molecule has 8 heteroatoms. The van der Waals surface area contributed by atoms with E-state index in [0.717, 1.165) is 22.9 Å². The van der Waals surface area contributed by atoms with Gasteiger partial charge in [0.1, 0.15) is 0 Å². The van der Waals surface area contributed by atoms with E-state index in [0.29, 0.717) is 44.6 Å². The number of benzene rings is 3. The Kier molecular flexibility index (Phi) is 6.10. The maximum atomic E-state index is 13.2. The molecule has 34 heavy (non-hydrogen) atoms. The second-order valence-corrected chi connectivity index (χ2v) is 10.8. The van der Waals surface area contributed by atoms with Gasteiger partial charge in [0.05, 0.1) is 16.3 Å². The van der Waals surface area contributed by atoms with Gasteiger partial charge in [-0.3, -0.25) is 9.59 Å². The summed E-state index contributed by atoms with van der Waals surface area (Å²) >= 11 is 0. The molecule has 3 aromatic carbocycles. The minimum Gasteiger partial charge on any atom is -0.324 e. The Labute approximate surface area is 199 Å². The molecule has 5 rings (SSSR count). The average Bonchev–Trinajstić information content (AvgIpc) is 3.29. The molecule has 7 nitrogen and oxygen atoms in total. The van der Waals surface area contributed by atoms with Crippen molar-refractivity contribution in [3.05, 3.63) is 66.7 Å². The van der Waals surface area contributed by atoms with Gasteiger partial charge in [0.25, 0.3) is 0 Å². The first-order valence-electron chi connectivity index (χ1n) is 11.6. The van der Waals surface area contributed by atoms with Crippen molar-refractivity contribution in [2.45, 2.75) is 30.6 Å². The van der Waals surface area contributed by atoms with Crippen LogP contribution in [0.15, 0.2) is 71.6 Å². The summed E-state index contributed by atoms with van der Waals surface area (Å²) in [7, 11) is -3.63. The lowest BCUT2D eigenvalue weighted by atomic mass is 9.97. The zero-order valence-electron chi connectivity index (χ0n) is 18.8. The maximum Gasteiger partial charge on any atom is 0.243 e. The Balaban J connectivity index is 1.25. The van der Waals surface area contributed by atoms with Gasteiger partial charge in [0.15, 0.2) is 0 Å². The number of carbonyl (C=O) groups excluding carboxylic acids is 2. The van der Waals surface area contributed by atoms with Crippen LogP contribution in [-0.2, 0) is 19.6 Å². The van der Waals surface area contributed by atoms with Crippen LogP contribution in [0.4, 0.5) is 11.4 Å². The van der Waals surface area contributed by atoms with Crippen molar-refractivity contribution < 1.29 is 18.0 Å². The predicted octanol–water partition coefficient (Wildman–Crippen LogP) is 4.01. The Morgan fingerprint density at radius 3 is 2.32 bits per heavy atom. The third-order valence-electron chi connectivity index (χ3n) is 6.71. The molecule has 2 heterocycles. The van der Waals surface area contributed by atoms with Crippen LogP contribution in [0.25, 0.3) is 10.8 Å². The highest BCUT2D eigenvalue weighted by Gasteiger charge is 2.33. The number of hydrogen-bond acceptors (Lipinski definition) is 4. The van der Waals surface area contributed by atoms with Crippen molar-refractivity contribution >= 4 is 44.0 Å². The van der Waals surface area contributed by atoms with E-state index in [2.05, 4.69) is 5.32 Å². The van der Waals surface area contributed by atoms with E-state index in [1.165, 1.54) is 4.31 Å². The van der Waals surface area contributed by atoms with E-state index in [1.807, 2.05) is 48.5 Å². The van der Waals surface area contributed by atoms with E-state index < -0.39 is 10.0 Å². The number of hydrogen-bond donors (Lipinski definition) is 1. The maximum absolute atomic E-state index is 13.2. The van der Waals surface area contributed by atoms with Crippen molar-refractivity contribution in [3.8, 4) is 0 Å². The molecule has 2 saturated heterocycles. The fourth-order valence-corrected chi connectivity index (χ4v) is 6.29. The van der Waals surface area contributed by atoms with Crippen molar-refractivity contribution in [3.63, 3.8) is 0 Å². The molecule has 3 aromatic rings. The fraction of sp³-hybridized carbons (Fsp3) is 0.308. The summed E-state index contributed by atoms with van der Waals surface area (Å²) in [6.45, 7) is 1.23. The van der Waals surface area contributed by atoms with Crippen molar-refractivity contribution in [2.24, 2.45) is 5.92 Å². The van der Waals surface area contributed by atoms with Gasteiger partial charge in [-0.05, 0) is 54.3 Å². The monoisotopic (exact) mass is 477 g/mol. The molecule has 1 N–H and O–H groups in total. The molecule has 0 unspecified atom stereocenters.